The molecule has 5 aromatic carbocycles. The van der Waals surface area contributed by atoms with E-state index in [0.29, 0.717) is 17.7 Å². The van der Waals surface area contributed by atoms with Crippen LogP contribution in [-0.2, 0) is 20.6 Å². The van der Waals surface area contributed by atoms with Crippen LogP contribution >= 0.6 is 7.14 Å². The number of hydrogen-bond acceptors (Lipinski definition) is 8. The second kappa shape index (κ2) is 18.2. The van der Waals surface area contributed by atoms with Crippen molar-refractivity contribution in [3.05, 3.63) is 156 Å². The Labute approximate surface area is 310 Å². The molecule has 1 atom stereocenters. The third-order valence-electron chi connectivity index (χ3n) is 8.89. The minimum Gasteiger partial charge on any atom is -0.318 e. The van der Waals surface area contributed by atoms with Crippen molar-refractivity contribution in [2.75, 3.05) is 4.90 Å². The molecule has 0 N–H and O–H groups in total. The zero-order valence-corrected chi connectivity index (χ0v) is 31.1. The van der Waals surface area contributed by atoms with E-state index < -0.39 is 24.2 Å². The first-order valence-corrected chi connectivity index (χ1v) is 19.6. The molecular weight excluding hydrogens is 683 g/mol. The van der Waals surface area contributed by atoms with Gasteiger partial charge in [-0.25, -0.2) is 4.79 Å². The molecule has 0 saturated carbocycles. The van der Waals surface area contributed by atoms with Crippen LogP contribution in [0.5, 0.6) is 0 Å². The van der Waals surface area contributed by atoms with E-state index in [0.717, 1.165) is 49.0 Å². The van der Waals surface area contributed by atoms with Gasteiger partial charge in [0.25, 0.3) is 0 Å². The van der Waals surface area contributed by atoms with Gasteiger partial charge in [-0.15, -0.1) is 0 Å². The Morgan fingerprint density at radius 3 is 1.60 bits per heavy atom. The number of Topliss-reactive ketones (excluding diaryl/α,β-unsaturated/α-hetero) is 1. The number of carbonyl (C=O) groups excluding carboxylic acids is 4. The van der Waals surface area contributed by atoms with Gasteiger partial charge in [0.2, 0.25) is 24.0 Å². The standard InChI is InChI=1S/C44H43N2O6P/c1-4-6-7-14-19-41(45-52-32(3)47)42(48)34-22-28-38(29-23-34)46(37-26-20-33(5-2)21-27-37)39-30-24-36(25-31-39)44(50)53(51,40-17-12-9-13-18-40)43(49)35-15-10-8-11-16-35/h8-13,15-18,20-31H,4-7,14,19H2,1-3H3/b45-41+. The van der Waals surface area contributed by atoms with Crippen molar-refractivity contribution in [1.29, 1.82) is 0 Å². The van der Waals surface area contributed by atoms with Crippen molar-refractivity contribution >= 4 is 58.0 Å². The van der Waals surface area contributed by atoms with E-state index in [9.17, 15) is 23.7 Å². The molecule has 0 amide bonds. The molecule has 0 saturated heterocycles. The van der Waals surface area contributed by atoms with Crippen molar-refractivity contribution in [2.24, 2.45) is 5.16 Å². The number of hydrogen-bond donors (Lipinski definition) is 0. The van der Waals surface area contributed by atoms with E-state index in [-0.39, 0.29) is 27.9 Å². The highest BCUT2D eigenvalue weighted by Gasteiger charge is 2.42. The maximum absolute atomic E-state index is 14.7. The Morgan fingerprint density at radius 1 is 0.604 bits per heavy atom. The Bertz CT molecular complexity index is 2110. The van der Waals surface area contributed by atoms with Gasteiger partial charge in [0.05, 0.1) is 0 Å². The summed E-state index contributed by atoms with van der Waals surface area (Å²) in [4.78, 5) is 59.8. The summed E-state index contributed by atoms with van der Waals surface area (Å²) in [6.07, 6.45) is 5.02. The molecule has 0 aliphatic heterocycles. The Hall–Kier alpha value is -5.72. The predicted octanol–water partition coefficient (Wildman–Crippen LogP) is 10.5. The van der Waals surface area contributed by atoms with Crippen LogP contribution in [0, 0.1) is 0 Å². The lowest BCUT2D eigenvalue weighted by Gasteiger charge is -2.26. The number of carbonyl (C=O) groups is 4. The summed E-state index contributed by atoms with van der Waals surface area (Å²) in [6.45, 7) is 5.43. The minimum absolute atomic E-state index is 0.144. The van der Waals surface area contributed by atoms with Crippen molar-refractivity contribution < 1.29 is 28.6 Å². The van der Waals surface area contributed by atoms with E-state index in [1.54, 1.807) is 97.1 Å². The number of ketones is 1. The molecule has 8 nitrogen and oxygen atoms in total. The van der Waals surface area contributed by atoms with Gasteiger partial charge in [-0.1, -0.05) is 111 Å². The zero-order valence-electron chi connectivity index (χ0n) is 30.2. The smallest absolute Gasteiger partial charge is 0.318 e. The second-order valence-corrected chi connectivity index (χ2v) is 15.2. The lowest BCUT2D eigenvalue weighted by atomic mass is 10.0. The quantitative estimate of drug-likeness (QED) is 0.0234. The molecule has 0 spiro atoms. The molecule has 0 aliphatic rings. The monoisotopic (exact) mass is 726 g/mol. The Kier molecular flexibility index (Phi) is 13.2. The SMILES string of the molecule is CCCCCC/C(=N\OC(C)=O)C(=O)c1ccc(N(c2ccc(CC)cc2)c2ccc(C(=O)P(=O)(C(=O)c3ccccc3)c3ccccc3)cc2)cc1. The summed E-state index contributed by atoms with van der Waals surface area (Å²) >= 11 is 0. The number of benzene rings is 5. The van der Waals surface area contributed by atoms with Gasteiger partial charge in [-0.2, -0.15) is 0 Å². The van der Waals surface area contributed by atoms with Crippen LogP contribution in [0.3, 0.4) is 0 Å². The molecule has 0 aliphatic carbocycles. The van der Waals surface area contributed by atoms with Gasteiger partial charge in [0.1, 0.15) is 5.71 Å². The highest BCUT2D eigenvalue weighted by molar-refractivity contribution is 8.01. The van der Waals surface area contributed by atoms with Crippen LogP contribution in [0.25, 0.3) is 0 Å². The predicted molar refractivity (Wildman–Crippen MR) is 212 cm³/mol. The fourth-order valence-electron chi connectivity index (χ4n) is 5.96. The highest BCUT2D eigenvalue weighted by Crippen LogP contribution is 2.51. The van der Waals surface area contributed by atoms with Crippen LogP contribution in [0.1, 0.15) is 89.5 Å². The minimum atomic E-state index is -4.27. The summed E-state index contributed by atoms with van der Waals surface area (Å²) in [5, 5.41) is 4.07. The van der Waals surface area contributed by atoms with Crippen molar-refractivity contribution in [1.82, 2.24) is 0 Å². The van der Waals surface area contributed by atoms with Crippen LogP contribution in [-0.4, -0.2) is 28.5 Å². The van der Waals surface area contributed by atoms with E-state index in [1.165, 1.54) is 6.92 Å². The summed E-state index contributed by atoms with van der Waals surface area (Å²) in [5.74, 6) is -0.911. The third-order valence-corrected chi connectivity index (χ3v) is 11.6. The fourth-order valence-corrected chi connectivity index (χ4v) is 8.23. The van der Waals surface area contributed by atoms with E-state index >= 15 is 0 Å². The number of aryl methyl sites for hydroxylation is 1. The molecule has 0 heterocycles. The van der Waals surface area contributed by atoms with E-state index in [2.05, 4.69) is 19.0 Å². The number of oxime groups is 1. The molecule has 5 aromatic rings. The first kappa shape index (κ1) is 38.5. The normalized spacial score (nSPS) is 12.4. The lowest BCUT2D eigenvalue weighted by Crippen LogP contribution is -2.20. The van der Waals surface area contributed by atoms with Gasteiger partial charge < -0.3 is 14.3 Å². The number of nitrogens with zero attached hydrogens (tertiary/aromatic N) is 2. The van der Waals surface area contributed by atoms with Crippen molar-refractivity contribution in [3.63, 3.8) is 0 Å². The second-order valence-electron chi connectivity index (χ2n) is 12.6. The molecule has 1 unspecified atom stereocenters. The Morgan fingerprint density at radius 2 is 1.09 bits per heavy atom. The maximum Gasteiger partial charge on any atom is 0.331 e. The van der Waals surface area contributed by atoms with Gasteiger partial charge >= 0.3 is 5.97 Å². The van der Waals surface area contributed by atoms with Crippen LogP contribution in [0.2, 0.25) is 0 Å². The molecule has 0 fully saturated rings. The van der Waals surface area contributed by atoms with Crippen molar-refractivity contribution in [3.8, 4) is 0 Å². The molecule has 5 rings (SSSR count). The van der Waals surface area contributed by atoms with Gasteiger partial charge in [0.15, 0.2) is 0 Å². The average Bonchev–Trinajstić information content (AvgIpc) is 3.21. The number of rotatable bonds is 17. The molecule has 9 heteroatoms. The van der Waals surface area contributed by atoms with Gasteiger partial charge in [-0.3, -0.25) is 14.4 Å². The molecule has 0 bridgehead atoms. The average molecular weight is 727 g/mol. The first-order chi connectivity index (χ1) is 25.7. The zero-order chi connectivity index (χ0) is 37.8. The van der Waals surface area contributed by atoms with Crippen molar-refractivity contribution in [2.45, 2.75) is 59.3 Å². The lowest BCUT2D eigenvalue weighted by molar-refractivity contribution is -0.140. The van der Waals surface area contributed by atoms with E-state index in [4.69, 9.17) is 4.84 Å². The first-order valence-electron chi connectivity index (χ1n) is 17.9. The summed E-state index contributed by atoms with van der Waals surface area (Å²) in [5.41, 5.74) is 2.91. The highest BCUT2D eigenvalue weighted by atomic mass is 31.2. The molecule has 53 heavy (non-hydrogen) atoms. The van der Waals surface area contributed by atoms with E-state index in [1.807, 2.05) is 41.3 Å². The molecular formula is C44H43N2O6P. The van der Waals surface area contributed by atoms with Gasteiger partial charge in [-0.05, 0) is 85.5 Å². The maximum atomic E-state index is 14.7. The molecule has 0 aromatic heterocycles. The summed E-state index contributed by atoms with van der Waals surface area (Å²) in [6, 6.07) is 38.3. The summed E-state index contributed by atoms with van der Waals surface area (Å²) in [7, 11) is -4.27. The van der Waals surface area contributed by atoms with Crippen LogP contribution in [0.15, 0.2) is 139 Å². The Balaban J connectivity index is 1.49. The fraction of sp³-hybridized carbons (Fsp3) is 0.205. The third kappa shape index (κ3) is 9.21. The summed E-state index contributed by atoms with van der Waals surface area (Å²) < 4.78 is 14.7. The molecule has 0 radical (unpaired) electrons. The van der Waals surface area contributed by atoms with Crippen LogP contribution < -0.4 is 10.2 Å². The number of anilines is 3. The largest absolute Gasteiger partial charge is 0.331 e. The number of unbranched alkanes of at least 4 members (excludes halogenated alkanes) is 3. The molecule has 270 valence electrons. The van der Waals surface area contributed by atoms with Gasteiger partial charge in [0, 0.05) is 46.0 Å². The topological polar surface area (TPSA) is 110 Å². The van der Waals surface area contributed by atoms with Crippen LogP contribution in [0.4, 0.5) is 17.1 Å².